The van der Waals surface area contributed by atoms with Gasteiger partial charge in [-0.1, -0.05) is 0 Å². The Hall–Kier alpha value is -2.20. The van der Waals surface area contributed by atoms with Crippen LogP contribution in [0.25, 0.3) is 22.3 Å². The Morgan fingerprint density at radius 1 is 1.17 bits per heavy atom. The number of halogens is 1. The normalized spacial score (nSPS) is 11.0. The van der Waals surface area contributed by atoms with E-state index < -0.39 is 0 Å². The van der Waals surface area contributed by atoms with Crippen LogP contribution in [0.1, 0.15) is 5.56 Å². The molecule has 0 radical (unpaired) electrons. The first-order valence-electron chi connectivity index (χ1n) is 5.70. The number of hydrogen-bond donors (Lipinski definition) is 2. The summed E-state index contributed by atoms with van der Waals surface area (Å²) in [5, 5.41) is 0.964. The summed E-state index contributed by atoms with van der Waals surface area (Å²) in [4.78, 5) is 7.46. The van der Waals surface area contributed by atoms with Crippen molar-refractivity contribution in [1.82, 2.24) is 9.97 Å². The van der Waals surface area contributed by atoms with Gasteiger partial charge in [0.1, 0.15) is 5.82 Å². The standard InChI is InChI=1S/C14H12FN3/c15-11-2-1-10-6-14(18-12(10)7-11)13-5-9(8-16)3-4-17-13/h1-7,18H,8,16H2. The molecule has 0 saturated carbocycles. The highest BCUT2D eigenvalue weighted by Gasteiger charge is 2.05. The molecule has 2 heterocycles. The van der Waals surface area contributed by atoms with Gasteiger partial charge in [0.2, 0.25) is 0 Å². The first-order chi connectivity index (χ1) is 8.76. The van der Waals surface area contributed by atoms with Crippen LogP contribution in [-0.2, 0) is 6.54 Å². The van der Waals surface area contributed by atoms with E-state index in [1.807, 2.05) is 18.2 Å². The summed E-state index contributed by atoms with van der Waals surface area (Å²) >= 11 is 0. The van der Waals surface area contributed by atoms with E-state index >= 15 is 0 Å². The van der Waals surface area contributed by atoms with Crippen molar-refractivity contribution < 1.29 is 4.39 Å². The molecule has 2 aromatic heterocycles. The fraction of sp³-hybridized carbons (Fsp3) is 0.0714. The maximum atomic E-state index is 13.1. The number of nitrogens with one attached hydrogen (secondary N) is 1. The highest BCUT2D eigenvalue weighted by Crippen LogP contribution is 2.23. The van der Waals surface area contributed by atoms with E-state index in [4.69, 9.17) is 5.73 Å². The van der Waals surface area contributed by atoms with E-state index in [-0.39, 0.29) is 5.82 Å². The van der Waals surface area contributed by atoms with Gasteiger partial charge in [-0.05, 0) is 42.0 Å². The van der Waals surface area contributed by atoms with E-state index in [0.717, 1.165) is 27.9 Å². The van der Waals surface area contributed by atoms with Crippen LogP contribution < -0.4 is 5.73 Å². The maximum Gasteiger partial charge on any atom is 0.125 e. The molecule has 3 N–H and O–H groups in total. The van der Waals surface area contributed by atoms with Crippen LogP contribution in [0.2, 0.25) is 0 Å². The third kappa shape index (κ3) is 1.87. The number of benzene rings is 1. The molecule has 0 bridgehead atoms. The molecular formula is C14H12FN3. The number of aromatic nitrogens is 2. The number of nitrogens with zero attached hydrogens (tertiary/aromatic N) is 1. The molecule has 0 amide bonds. The average Bonchev–Trinajstić information content (AvgIpc) is 2.81. The van der Waals surface area contributed by atoms with Gasteiger partial charge in [-0.3, -0.25) is 4.98 Å². The Bertz CT molecular complexity index is 703. The molecule has 0 aliphatic rings. The highest BCUT2D eigenvalue weighted by atomic mass is 19.1. The first kappa shape index (κ1) is 10.9. The molecule has 3 rings (SSSR count). The summed E-state index contributed by atoms with van der Waals surface area (Å²) < 4.78 is 13.1. The molecule has 4 heteroatoms. The smallest absolute Gasteiger partial charge is 0.125 e. The van der Waals surface area contributed by atoms with Crippen molar-refractivity contribution in [2.75, 3.05) is 0 Å². The summed E-state index contributed by atoms with van der Waals surface area (Å²) in [6.07, 6.45) is 1.73. The first-order valence-corrected chi connectivity index (χ1v) is 5.70. The molecule has 0 unspecified atom stereocenters. The van der Waals surface area contributed by atoms with E-state index in [0.29, 0.717) is 6.54 Å². The summed E-state index contributed by atoms with van der Waals surface area (Å²) in [6, 6.07) is 10.4. The van der Waals surface area contributed by atoms with Gasteiger partial charge in [-0.2, -0.15) is 0 Å². The number of fused-ring (bicyclic) bond motifs is 1. The number of nitrogens with two attached hydrogens (primary N) is 1. The van der Waals surface area contributed by atoms with Gasteiger partial charge < -0.3 is 10.7 Å². The van der Waals surface area contributed by atoms with Crippen LogP contribution in [0.15, 0.2) is 42.6 Å². The van der Waals surface area contributed by atoms with Crippen LogP contribution in [0, 0.1) is 5.82 Å². The predicted molar refractivity (Wildman–Crippen MR) is 69.4 cm³/mol. The molecule has 3 nitrogen and oxygen atoms in total. The van der Waals surface area contributed by atoms with E-state index in [1.54, 1.807) is 12.3 Å². The molecule has 0 saturated heterocycles. The summed E-state index contributed by atoms with van der Waals surface area (Å²) in [5.41, 5.74) is 9.07. The molecule has 3 aromatic rings. The summed E-state index contributed by atoms with van der Waals surface area (Å²) in [5.74, 6) is -0.250. The molecule has 0 fully saturated rings. The fourth-order valence-corrected chi connectivity index (χ4v) is 1.99. The Morgan fingerprint density at radius 3 is 2.89 bits per heavy atom. The van der Waals surface area contributed by atoms with Gasteiger partial charge in [0.15, 0.2) is 0 Å². The van der Waals surface area contributed by atoms with Crippen LogP contribution in [-0.4, -0.2) is 9.97 Å². The van der Waals surface area contributed by atoms with E-state index in [2.05, 4.69) is 9.97 Å². The largest absolute Gasteiger partial charge is 0.353 e. The van der Waals surface area contributed by atoms with Crippen molar-refractivity contribution in [3.05, 3.63) is 54.0 Å². The van der Waals surface area contributed by atoms with Crippen LogP contribution in [0.3, 0.4) is 0 Å². The highest BCUT2D eigenvalue weighted by molar-refractivity contribution is 5.85. The Kier molecular flexibility index (Phi) is 2.57. The predicted octanol–water partition coefficient (Wildman–Crippen LogP) is 2.83. The molecule has 1 aromatic carbocycles. The zero-order chi connectivity index (χ0) is 12.5. The van der Waals surface area contributed by atoms with Gasteiger partial charge in [0.25, 0.3) is 0 Å². The second kappa shape index (κ2) is 4.23. The topological polar surface area (TPSA) is 54.7 Å². The minimum Gasteiger partial charge on any atom is -0.353 e. The summed E-state index contributed by atoms with van der Waals surface area (Å²) in [7, 11) is 0. The second-order valence-electron chi connectivity index (χ2n) is 4.17. The molecule has 0 atom stereocenters. The van der Waals surface area contributed by atoms with Gasteiger partial charge in [0, 0.05) is 23.6 Å². The van der Waals surface area contributed by atoms with Crippen molar-refractivity contribution in [3.8, 4) is 11.4 Å². The van der Waals surface area contributed by atoms with Crippen molar-refractivity contribution in [2.24, 2.45) is 5.73 Å². The fourth-order valence-electron chi connectivity index (χ4n) is 1.99. The quantitative estimate of drug-likeness (QED) is 0.724. The number of H-pyrrole nitrogens is 1. The lowest BCUT2D eigenvalue weighted by Gasteiger charge is -1.99. The van der Waals surface area contributed by atoms with Gasteiger partial charge >= 0.3 is 0 Å². The van der Waals surface area contributed by atoms with Crippen LogP contribution in [0.5, 0.6) is 0 Å². The Labute approximate surface area is 103 Å². The lowest BCUT2D eigenvalue weighted by Crippen LogP contribution is -1.97. The molecule has 0 aliphatic carbocycles. The van der Waals surface area contributed by atoms with Crippen LogP contribution in [0.4, 0.5) is 4.39 Å². The SMILES string of the molecule is NCc1ccnc(-c2cc3ccc(F)cc3[nH]2)c1. The monoisotopic (exact) mass is 241 g/mol. The Morgan fingerprint density at radius 2 is 2.06 bits per heavy atom. The minimum absolute atomic E-state index is 0.250. The number of aromatic amines is 1. The lowest BCUT2D eigenvalue weighted by atomic mass is 10.2. The van der Waals surface area contributed by atoms with Gasteiger partial charge in [0.05, 0.1) is 11.4 Å². The van der Waals surface area contributed by atoms with E-state index in [1.165, 1.54) is 12.1 Å². The zero-order valence-corrected chi connectivity index (χ0v) is 9.65. The van der Waals surface area contributed by atoms with Crippen molar-refractivity contribution in [1.29, 1.82) is 0 Å². The molecule has 90 valence electrons. The van der Waals surface area contributed by atoms with Gasteiger partial charge in [-0.15, -0.1) is 0 Å². The van der Waals surface area contributed by atoms with Crippen LogP contribution >= 0.6 is 0 Å². The number of rotatable bonds is 2. The lowest BCUT2D eigenvalue weighted by molar-refractivity contribution is 0.629. The van der Waals surface area contributed by atoms with Crippen molar-refractivity contribution in [2.45, 2.75) is 6.54 Å². The third-order valence-corrected chi connectivity index (χ3v) is 2.92. The molecule has 18 heavy (non-hydrogen) atoms. The maximum absolute atomic E-state index is 13.1. The molecular weight excluding hydrogens is 229 g/mol. The summed E-state index contributed by atoms with van der Waals surface area (Å²) in [6.45, 7) is 0.477. The molecule has 0 aliphatic heterocycles. The minimum atomic E-state index is -0.250. The van der Waals surface area contributed by atoms with Gasteiger partial charge in [-0.25, -0.2) is 4.39 Å². The Balaban J connectivity index is 2.13. The second-order valence-corrected chi connectivity index (χ2v) is 4.17. The van der Waals surface area contributed by atoms with E-state index in [9.17, 15) is 4.39 Å². The van der Waals surface area contributed by atoms with Crippen molar-refractivity contribution in [3.63, 3.8) is 0 Å². The molecule has 0 spiro atoms. The number of pyridine rings is 1. The average molecular weight is 241 g/mol. The third-order valence-electron chi connectivity index (χ3n) is 2.92. The van der Waals surface area contributed by atoms with Crippen molar-refractivity contribution >= 4 is 10.9 Å². The number of hydrogen-bond acceptors (Lipinski definition) is 2. The zero-order valence-electron chi connectivity index (χ0n) is 9.65.